The fourth-order valence-electron chi connectivity index (χ4n) is 5.49. The molecule has 2 aliphatic heterocycles. The topological polar surface area (TPSA) is 84.4 Å². The molecule has 3 heterocycles. The first-order valence-corrected chi connectivity index (χ1v) is 13.6. The number of anilines is 1. The Bertz CT molecular complexity index is 1540. The molecular weight excluding hydrogens is 506 g/mol. The maximum absolute atomic E-state index is 14.1. The lowest BCUT2D eigenvalue weighted by Gasteiger charge is -2.34. The van der Waals surface area contributed by atoms with Crippen LogP contribution in [0.1, 0.15) is 39.9 Å². The van der Waals surface area contributed by atoms with Crippen molar-refractivity contribution in [2.24, 2.45) is 0 Å². The third kappa shape index (κ3) is 5.27. The molecule has 8 heteroatoms. The minimum absolute atomic E-state index is 0.122. The number of pyridine rings is 1. The molecule has 40 heavy (non-hydrogen) atoms. The molecule has 1 fully saturated rings. The number of rotatable bonds is 7. The van der Waals surface area contributed by atoms with Crippen LogP contribution in [0.25, 0.3) is 10.9 Å². The minimum atomic E-state index is -0.401. The number of aromatic nitrogens is 1. The number of methoxy groups -OCH3 is 1. The maximum atomic E-state index is 14.1. The molecule has 1 amide bonds. The number of para-hydroxylation sites is 1. The van der Waals surface area contributed by atoms with Crippen LogP contribution >= 0.6 is 0 Å². The summed E-state index contributed by atoms with van der Waals surface area (Å²) in [5.41, 5.74) is 4.47. The first-order valence-electron chi connectivity index (χ1n) is 13.6. The van der Waals surface area contributed by atoms with Crippen LogP contribution in [0.3, 0.4) is 0 Å². The van der Waals surface area contributed by atoms with E-state index >= 15 is 0 Å². The monoisotopic (exact) mass is 539 g/mol. The van der Waals surface area contributed by atoms with E-state index in [9.17, 15) is 9.90 Å². The first kappa shape index (κ1) is 26.0. The van der Waals surface area contributed by atoms with Crippen molar-refractivity contribution in [2.75, 3.05) is 31.9 Å². The predicted molar refractivity (Wildman–Crippen MR) is 153 cm³/mol. The number of β-amino-alcohol motifs (C(OH)–C–C–N with tert-alkyl or cyclic N) is 1. The van der Waals surface area contributed by atoms with Gasteiger partial charge in [-0.1, -0.05) is 30.3 Å². The number of nitrogens with zero attached hydrogens (tertiary/aromatic N) is 3. The van der Waals surface area contributed by atoms with Crippen LogP contribution < -0.4 is 19.1 Å². The summed E-state index contributed by atoms with van der Waals surface area (Å²) in [6.45, 7) is 4.27. The van der Waals surface area contributed by atoms with Gasteiger partial charge in [-0.3, -0.25) is 4.79 Å². The van der Waals surface area contributed by atoms with Crippen LogP contribution in [-0.2, 0) is 13.1 Å². The lowest BCUT2D eigenvalue weighted by atomic mass is 10.0. The highest BCUT2D eigenvalue weighted by Gasteiger charge is 2.26. The van der Waals surface area contributed by atoms with E-state index in [1.165, 1.54) is 0 Å². The van der Waals surface area contributed by atoms with Crippen molar-refractivity contribution >= 4 is 22.6 Å². The number of ether oxygens (including phenoxy) is 3. The number of fused-ring (bicyclic) bond motifs is 2. The van der Waals surface area contributed by atoms with Crippen LogP contribution in [0.2, 0.25) is 0 Å². The third-order valence-corrected chi connectivity index (χ3v) is 7.60. The SMILES string of the molecule is COc1ccc(CN(Cc2cc3cccc(C)c3nc2N2CCCC(O)C2)C(=O)c2ccc3c(c2)OCO3)cc1. The summed E-state index contributed by atoms with van der Waals surface area (Å²) in [5.74, 6) is 2.67. The molecule has 0 radical (unpaired) electrons. The number of hydrogen-bond donors (Lipinski definition) is 1. The second kappa shape index (κ2) is 11.1. The second-order valence-electron chi connectivity index (χ2n) is 10.4. The summed E-state index contributed by atoms with van der Waals surface area (Å²) >= 11 is 0. The van der Waals surface area contributed by atoms with Gasteiger partial charge < -0.3 is 29.1 Å². The van der Waals surface area contributed by atoms with Gasteiger partial charge in [-0.05, 0) is 67.3 Å². The van der Waals surface area contributed by atoms with Crippen molar-refractivity contribution in [3.05, 3.63) is 89.0 Å². The quantitative estimate of drug-likeness (QED) is 0.350. The Labute approximate surface area is 233 Å². The van der Waals surface area contributed by atoms with Crippen molar-refractivity contribution in [3.63, 3.8) is 0 Å². The van der Waals surface area contributed by atoms with E-state index in [1.807, 2.05) is 35.2 Å². The lowest BCUT2D eigenvalue weighted by molar-refractivity contribution is 0.0729. The summed E-state index contributed by atoms with van der Waals surface area (Å²) in [4.78, 5) is 23.2. The Morgan fingerprint density at radius 2 is 1.90 bits per heavy atom. The predicted octanol–water partition coefficient (Wildman–Crippen LogP) is 5.08. The number of benzene rings is 3. The Balaban J connectivity index is 1.40. The summed E-state index contributed by atoms with van der Waals surface area (Å²) in [7, 11) is 1.64. The molecule has 0 saturated carbocycles. The first-order chi connectivity index (χ1) is 19.5. The maximum Gasteiger partial charge on any atom is 0.254 e. The normalized spacial score (nSPS) is 16.3. The van der Waals surface area contributed by atoms with E-state index < -0.39 is 6.10 Å². The molecular formula is C32H33N3O5. The zero-order chi connectivity index (χ0) is 27.6. The zero-order valence-electron chi connectivity index (χ0n) is 22.8. The zero-order valence-corrected chi connectivity index (χ0v) is 22.8. The standard InChI is InChI=1S/C32H33N3O5/c1-21-5-3-6-23-15-25(31(33-30(21)23)34-14-4-7-26(36)19-34)18-35(17-22-8-11-27(38-2)12-9-22)32(37)24-10-13-28-29(16-24)40-20-39-28/h3,5-6,8-13,15-16,26,36H,4,7,14,17-20H2,1-2H3. The number of aryl methyl sites for hydroxylation is 1. The summed E-state index contributed by atoms with van der Waals surface area (Å²) < 4.78 is 16.3. The van der Waals surface area contributed by atoms with Crippen molar-refractivity contribution in [1.29, 1.82) is 0 Å². The van der Waals surface area contributed by atoms with E-state index in [-0.39, 0.29) is 12.7 Å². The second-order valence-corrected chi connectivity index (χ2v) is 10.4. The van der Waals surface area contributed by atoms with E-state index in [1.54, 1.807) is 25.3 Å². The van der Waals surface area contributed by atoms with Gasteiger partial charge in [0.2, 0.25) is 6.79 Å². The highest BCUT2D eigenvalue weighted by molar-refractivity contribution is 5.95. The van der Waals surface area contributed by atoms with E-state index in [2.05, 4.69) is 30.0 Å². The van der Waals surface area contributed by atoms with E-state index in [4.69, 9.17) is 19.2 Å². The van der Waals surface area contributed by atoms with Gasteiger partial charge in [-0.15, -0.1) is 0 Å². The highest BCUT2D eigenvalue weighted by Crippen LogP contribution is 2.34. The molecule has 1 unspecified atom stereocenters. The molecule has 1 saturated heterocycles. The average Bonchev–Trinajstić information content (AvgIpc) is 3.45. The van der Waals surface area contributed by atoms with Crippen molar-refractivity contribution in [3.8, 4) is 17.2 Å². The molecule has 0 aliphatic carbocycles. The molecule has 0 bridgehead atoms. The van der Waals surface area contributed by atoms with Crippen molar-refractivity contribution in [2.45, 2.75) is 39.0 Å². The number of aliphatic hydroxyl groups is 1. The smallest absolute Gasteiger partial charge is 0.254 e. The summed E-state index contributed by atoms with van der Waals surface area (Å²) in [5, 5.41) is 11.5. The van der Waals surface area contributed by atoms with Gasteiger partial charge in [0.25, 0.3) is 5.91 Å². The molecule has 206 valence electrons. The molecule has 0 spiro atoms. The van der Waals surface area contributed by atoms with E-state index in [0.717, 1.165) is 58.5 Å². The number of carbonyl (C=O) groups excluding carboxylic acids is 1. The largest absolute Gasteiger partial charge is 0.497 e. The molecule has 1 N–H and O–H groups in total. The molecule has 2 aliphatic rings. The number of aliphatic hydroxyl groups excluding tert-OH is 1. The van der Waals surface area contributed by atoms with E-state index in [0.29, 0.717) is 36.7 Å². The fraction of sp³-hybridized carbons (Fsp3) is 0.312. The van der Waals surface area contributed by atoms with Crippen LogP contribution in [0.15, 0.2) is 66.7 Å². The van der Waals surface area contributed by atoms with Crippen LogP contribution in [0.5, 0.6) is 17.2 Å². The number of piperidine rings is 1. The highest BCUT2D eigenvalue weighted by atomic mass is 16.7. The molecule has 6 rings (SSSR count). The fourth-order valence-corrected chi connectivity index (χ4v) is 5.49. The molecule has 8 nitrogen and oxygen atoms in total. The van der Waals surface area contributed by atoms with Gasteiger partial charge >= 0.3 is 0 Å². The van der Waals surface area contributed by atoms with Gasteiger partial charge in [-0.25, -0.2) is 4.98 Å². The Morgan fingerprint density at radius 3 is 2.70 bits per heavy atom. The summed E-state index contributed by atoms with van der Waals surface area (Å²) in [6.07, 6.45) is 1.27. The van der Waals surface area contributed by atoms with Crippen molar-refractivity contribution < 1.29 is 24.1 Å². The minimum Gasteiger partial charge on any atom is -0.497 e. The van der Waals surface area contributed by atoms with Crippen molar-refractivity contribution in [1.82, 2.24) is 9.88 Å². The van der Waals surface area contributed by atoms with Crippen LogP contribution in [0.4, 0.5) is 5.82 Å². The third-order valence-electron chi connectivity index (χ3n) is 7.60. The molecule has 1 atom stereocenters. The average molecular weight is 540 g/mol. The number of carbonyl (C=O) groups is 1. The summed E-state index contributed by atoms with van der Waals surface area (Å²) in [6, 6.07) is 21.3. The van der Waals surface area contributed by atoms with Gasteiger partial charge in [0.05, 0.1) is 18.7 Å². The van der Waals surface area contributed by atoms with Crippen LogP contribution in [0, 0.1) is 6.92 Å². The van der Waals surface area contributed by atoms with Gasteiger partial charge in [0, 0.05) is 42.7 Å². The molecule has 1 aromatic heterocycles. The van der Waals surface area contributed by atoms with Crippen LogP contribution in [-0.4, -0.2) is 54.0 Å². The number of amides is 1. The van der Waals surface area contributed by atoms with Gasteiger partial charge in [-0.2, -0.15) is 0 Å². The van der Waals surface area contributed by atoms with Gasteiger partial charge in [0.1, 0.15) is 11.6 Å². The Morgan fingerprint density at radius 1 is 1.07 bits per heavy atom. The van der Waals surface area contributed by atoms with Gasteiger partial charge in [0.15, 0.2) is 11.5 Å². The molecule has 4 aromatic rings. The lowest BCUT2D eigenvalue weighted by Crippen LogP contribution is -2.40. The number of hydrogen-bond acceptors (Lipinski definition) is 7. The molecule has 3 aromatic carbocycles. The Kier molecular flexibility index (Phi) is 7.17. The Hall–Kier alpha value is -4.30.